The number of phenolic OH excluding ortho intramolecular Hbond substituents is 4. The molecule has 5 aromatic rings. The van der Waals surface area contributed by atoms with Crippen molar-refractivity contribution in [2.24, 2.45) is 5.34 Å². The molecule has 320 valence electrons. The van der Waals surface area contributed by atoms with Crippen molar-refractivity contribution in [2.45, 2.75) is 27.4 Å². The van der Waals surface area contributed by atoms with Crippen LogP contribution in [-0.4, -0.2) is 40.2 Å². The Balaban J connectivity index is 0.000000341. The lowest BCUT2D eigenvalue weighted by Crippen LogP contribution is -1.98. The summed E-state index contributed by atoms with van der Waals surface area (Å²) in [6.07, 6.45) is 4.42. The highest BCUT2D eigenvalue weighted by Gasteiger charge is 2.30. The van der Waals surface area contributed by atoms with E-state index >= 15 is 0 Å². The summed E-state index contributed by atoms with van der Waals surface area (Å²) in [7, 11) is -4.46. The van der Waals surface area contributed by atoms with Gasteiger partial charge in [-0.3, -0.25) is 0 Å². The number of phenols is 4. The minimum Gasteiger partial charge on any atom is -0.508 e. The van der Waals surface area contributed by atoms with Gasteiger partial charge in [0.2, 0.25) is 0 Å². The van der Waals surface area contributed by atoms with E-state index in [1.54, 1.807) is 69.3 Å². The number of phosphoric acid groups is 1. The van der Waals surface area contributed by atoms with Crippen molar-refractivity contribution in [3.8, 4) is 23.0 Å². The Hall–Kier alpha value is -7.51. The third-order valence-electron chi connectivity index (χ3n) is 7.81. The number of rotatable bonds is 21. The molecular formula is C45H46NO14P. The van der Waals surface area contributed by atoms with Crippen LogP contribution in [-0.2, 0) is 48.5 Å². The van der Waals surface area contributed by atoms with Crippen LogP contribution < -0.4 is 0 Å². The van der Waals surface area contributed by atoms with Crippen LogP contribution in [0.25, 0.3) is 23.0 Å². The van der Waals surface area contributed by atoms with Gasteiger partial charge in [0.25, 0.3) is 0 Å². The molecule has 15 nitrogen and oxygen atoms in total. The first-order chi connectivity index (χ1) is 29.6. The van der Waals surface area contributed by atoms with Crippen LogP contribution >= 0.6 is 7.82 Å². The van der Waals surface area contributed by atoms with E-state index in [0.29, 0.717) is 34.6 Å². The minimum atomic E-state index is -4.46. The number of hydrogen-bond acceptors (Lipinski definition) is 15. The summed E-state index contributed by atoms with van der Waals surface area (Å²) in [4.78, 5) is 14.4. The molecule has 0 saturated carbocycles. The van der Waals surface area contributed by atoms with Crippen LogP contribution in [0.2, 0.25) is 0 Å². The van der Waals surface area contributed by atoms with Gasteiger partial charge in [0.05, 0.1) is 19.8 Å². The first-order valence-electron chi connectivity index (χ1n) is 18.7. The van der Waals surface area contributed by atoms with Gasteiger partial charge in [-0.25, -0.2) is 0 Å². The largest absolute Gasteiger partial charge is 0.645 e. The zero-order valence-corrected chi connectivity index (χ0v) is 34.4. The SMILES string of the molecule is CCOC(=COP(=O)(OC=C(OCC)c1ccc(O)cc1)OC=C(OCC)c1ccc(O)cc1)c1ccc(O)cc1.O=NOC=C(OCc1ccccc1)c1ccc(O)cc1. The van der Waals surface area contributed by atoms with Gasteiger partial charge in [-0.1, -0.05) is 30.3 Å². The van der Waals surface area contributed by atoms with Gasteiger partial charge < -0.3 is 57.8 Å². The maximum absolute atomic E-state index is 13.9. The molecule has 16 heteroatoms. The second-order valence-corrected chi connectivity index (χ2v) is 13.7. The molecule has 61 heavy (non-hydrogen) atoms. The topological polar surface area (TPSA) is 201 Å². The van der Waals surface area contributed by atoms with Gasteiger partial charge in [-0.15, -0.1) is 4.91 Å². The molecule has 0 aromatic heterocycles. The van der Waals surface area contributed by atoms with Crippen LogP contribution in [0.4, 0.5) is 0 Å². The van der Waals surface area contributed by atoms with Crippen LogP contribution in [0, 0.1) is 4.91 Å². The predicted molar refractivity (Wildman–Crippen MR) is 228 cm³/mol. The summed E-state index contributed by atoms with van der Waals surface area (Å²) < 4.78 is 53.2. The Labute approximate surface area is 353 Å². The van der Waals surface area contributed by atoms with Gasteiger partial charge >= 0.3 is 7.82 Å². The maximum atomic E-state index is 13.9. The molecule has 0 atom stereocenters. The molecule has 0 spiro atoms. The number of benzene rings is 5. The van der Waals surface area contributed by atoms with E-state index in [-0.39, 0.29) is 60.1 Å². The molecule has 0 fully saturated rings. The average molecular weight is 856 g/mol. The fourth-order valence-electron chi connectivity index (χ4n) is 4.93. The fraction of sp³-hybridized carbons (Fsp3) is 0.156. The third-order valence-corrected chi connectivity index (χ3v) is 8.90. The van der Waals surface area contributed by atoms with Crippen molar-refractivity contribution in [3.63, 3.8) is 0 Å². The minimum absolute atomic E-state index is 0.0634. The average Bonchev–Trinajstić information content (AvgIpc) is 3.27. The lowest BCUT2D eigenvalue weighted by Gasteiger charge is -2.17. The molecule has 0 amide bonds. The van der Waals surface area contributed by atoms with Crippen LogP contribution in [0.5, 0.6) is 23.0 Å². The van der Waals surface area contributed by atoms with Gasteiger partial charge in [0.15, 0.2) is 34.6 Å². The van der Waals surface area contributed by atoms with Crippen molar-refractivity contribution in [2.75, 3.05) is 19.8 Å². The zero-order valence-electron chi connectivity index (χ0n) is 33.5. The van der Waals surface area contributed by atoms with E-state index in [2.05, 4.69) is 10.2 Å². The monoisotopic (exact) mass is 855 g/mol. The predicted octanol–water partition coefficient (Wildman–Crippen LogP) is 11.0. The van der Waals surface area contributed by atoms with E-state index in [0.717, 1.165) is 30.6 Å². The van der Waals surface area contributed by atoms with Gasteiger partial charge in [0, 0.05) is 22.3 Å². The van der Waals surface area contributed by atoms with Crippen molar-refractivity contribution in [1.29, 1.82) is 0 Å². The van der Waals surface area contributed by atoms with Crippen molar-refractivity contribution >= 4 is 30.9 Å². The molecule has 0 heterocycles. The van der Waals surface area contributed by atoms with E-state index in [1.165, 1.54) is 48.5 Å². The molecule has 5 aromatic carbocycles. The molecule has 0 unspecified atom stereocenters. The number of phosphoric ester groups is 1. The van der Waals surface area contributed by atoms with E-state index in [4.69, 9.17) is 32.5 Å². The lowest BCUT2D eigenvalue weighted by molar-refractivity contribution is 0.211. The molecule has 0 aliphatic rings. The normalized spacial score (nSPS) is 12.7. The number of hydrogen-bond donors (Lipinski definition) is 4. The van der Waals surface area contributed by atoms with E-state index in [1.807, 2.05) is 30.3 Å². The second kappa shape index (κ2) is 24.4. The number of aromatic hydroxyl groups is 4. The Morgan fingerprint density at radius 1 is 0.475 bits per heavy atom. The molecule has 0 aliphatic carbocycles. The summed E-state index contributed by atoms with van der Waals surface area (Å²) >= 11 is 0. The molecular weight excluding hydrogens is 809 g/mol. The van der Waals surface area contributed by atoms with Crippen LogP contribution in [0.3, 0.4) is 0 Å². The lowest BCUT2D eigenvalue weighted by atomic mass is 10.2. The Morgan fingerprint density at radius 2 is 0.787 bits per heavy atom. The summed E-state index contributed by atoms with van der Waals surface area (Å²) in [5, 5.41) is 40.5. The quantitative estimate of drug-likeness (QED) is 0.0235. The smallest absolute Gasteiger partial charge is 0.508 e. The van der Waals surface area contributed by atoms with Crippen molar-refractivity contribution in [3.05, 3.63) is 185 Å². The molecule has 4 N–H and O–H groups in total. The highest BCUT2D eigenvalue weighted by atomic mass is 31.2. The van der Waals surface area contributed by atoms with Crippen molar-refractivity contribution < 1.29 is 62.3 Å². The Kier molecular flexibility index (Phi) is 18.5. The summed E-state index contributed by atoms with van der Waals surface area (Å²) in [5.74, 6) is 1.31. The summed E-state index contributed by atoms with van der Waals surface area (Å²) in [6.45, 7) is 6.44. The fourth-order valence-corrected chi connectivity index (χ4v) is 5.75. The Bertz CT molecular complexity index is 2090. The van der Waals surface area contributed by atoms with Crippen LogP contribution in [0.15, 0.2) is 158 Å². The van der Waals surface area contributed by atoms with E-state index in [9.17, 15) is 29.9 Å². The standard InChI is InChI=1S/C30H33O10P.C15H13NO4/c1-4-35-28(22-7-13-25(31)14-8-22)19-38-41(34,39-20-29(36-5-2)23-9-15-26(32)16-10-23)40-21-30(37-6-3)24-11-17-27(33)18-12-24;17-14-8-6-13(7-9-14)15(11-20-16-18)19-10-12-4-2-1-3-5-12/h7-21,31-33H,4-6H2,1-3H3;1-9,11,17H,10H2. The maximum Gasteiger partial charge on any atom is 0.645 e. The van der Waals surface area contributed by atoms with Crippen molar-refractivity contribution in [1.82, 2.24) is 0 Å². The van der Waals surface area contributed by atoms with Gasteiger partial charge in [-0.05, 0) is 123 Å². The second-order valence-electron chi connectivity index (χ2n) is 12.1. The summed E-state index contributed by atoms with van der Waals surface area (Å²) in [6, 6.07) is 34.3. The third kappa shape index (κ3) is 15.6. The van der Waals surface area contributed by atoms with E-state index < -0.39 is 7.82 Å². The number of ether oxygens (including phenoxy) is 4. The zero-order chi connectivity index (χ0) is 43.9. The first-order valence-corrected chi connectivity index (χ1v) is 20.2. The molecule has 5 rings (SSSR count). The molecule has 0 radical (unpaired) electrons. The highest BCUT2D eigenvalue weighted by molar-refractivity contribution is 7.48. The Morgan fingerprint density at radius 3 is 1.08 bits per heavy atom. The molecule has 0 bridgehead atoms. The van der Waals surface area contributed by atoms with Gasteiger partial charge in [0.1, 0.15) is 48.4 Å². The molecule has 0 aliphatic heterocycles. The van der Waals surface area contributed by atoms with Gasteiger partial charge in [-0.2, -0.15) is 4.57 Å². The first kappa shape index (κ1) is 46.2. The highest BCUT2D eigenvalue weighted by Crippen LogP contribution is 2.52. The molecule has 0 saturated heterocycles. The van der Waals surface area contributed by atoms with Crippen LogP contribution in [0.1, 0.15) is 48.6 Å². The summed E-state index contributed by atoms with van der Waals surface area (Å²) in [5.41, 5.74) is 3.28. The number of nitrogens with zero attached hydrogens (tertiary/aromatic N) is 1.